The number of hydrogen-bond acceptors (Lipinski definition) is 5. The van der Waals surface area contributed by atoms with Gasteiger partial charge < -0.3 is 9.32 Å². The van der Waals surface area contributed by atoms with Crippen molar-refractivity contribution in [1.82, 2.24) is 9.88 Å². The zero-order valence-electron chi connectivity index (χ0n) is 16.7. The summed E-state index contributed by atoms with van der Waals surface area (Å²) in [5, 5.41) is 0. The van der Waals surface area contributed by atoms with Crippen LogP contribution in [0.3, 0.4) is 0 Å². The SMILES string of the molecule is CSc1ccc(-c2nc(CSCC(=O)N3CCc4ccccc4C3)c(C)o2)cc1. The second-order valence-electron chi connectivity index (χ2n) is 7.08. The van der Waals surface area contributed by atoms with E-state index in [4.69, 9.17) is 4.42 Å². The first-order valence-corrected chi connectivity index (χ1v) is 12.0. The third kappa shape index (κ3) is 4.70. The molecule has 0 saturated heterocycles. The molecule has 4 nitrogen and oxygen atoms in total. The van der Waals surface area contributed by atoms with Crippen LogP contribution in [0.25, 0.3) is 11.5 Å². The fourth-order valence-corrected chi connectivity index (χ4v) is 4.78. The quantitative estimate of drug-likeness (QED) is 0.510. The molecular formula is C23H24N2O2S2. The number of amides is 1. The highest BCUT2D eigenvalue weighted by Crippen LogP contribution is 2.26. The molecule has 2 aromatic carbocycles. The highest BCUT2D eigenvalue weighted by Gasteiger charge is 2.20. The van der Waals surface area contributed by atoms with E-state index >= 15 is 0 Å². The van der Waals surface area contributed by atoms with E-state index in [1.165, 1.54) is 16.0 Å². The summed E-state index contributed by atoms with van der Waals surface area (Å²) < 4.78 is 5.86. The topological polar surface area (TPSA) is 46.3 Å². The van der Waals surface area contributed by atoms with Crippen LogP contribution < -0.4 is 0 Å². The standard InChI is InChI=1S/C23H24N2O2S2/c1-16-21(24-23(27-16)18-7-9-20(28-2)10-8-18)14-29-15-22(26)25-12-11-17-5-3-4-6-19(17)13-25/h3-10H,11-15H2,1-2H3. The van der Waals surface area contributed by atoms with E-state index in [1.807, 2.05) is 30.0 Å². The Labute approximate surface area is 180 Å². The third-order valence-electron chi connectivity index (χ3n) is 5.18. The highest BCUT2D eigenvalue weighted by molar-refractivity contribution is 7.99. The molecule has 3 aromatic rings. The number of nitrogens with zero attached hydrogens (tertiary/aromatic N) is 2. The van der Waals surface area contributed by atoms with Crippen LogP contribution in [0.2, 0.25) is 0 Å². The molecule has 0 spiro atoms. The number of carbonyl (C=O) groups excluding carboxylic acids is 1. The summed E-state index contributed by atoms with van der Waals surface area (Å²) in [6, 6.07) is 16.6. The van der Waals surface area contributed by atoms with Crippen LogP contribution in [0.15, 0.2) is 57.8 Å². The van der Waals surface area contributed by atoms with Gasteiger partial charge >= 0.3 is 0 Å². The number of benzene rings is 2. The Bertz CT molecular complexity index is 998. The van der Waals surface area contributed by atoms with Gasteiger partial charge in [-0.2, -0.15) is 0 Å². The van der Waals surface area contributed by atoms with Crippen LogP contribution >= 0.6 is 23.5 Å². The fourth-order valence-electron chi connectivity index (χ4n) is 3.45. The Morgan fingerprint density at radius 1 is 1.14 bits per heavy atom. The Kier molecular flexibility index (Phi) is 6.31. The van der Waals surface area contributed by atoms with E-state index < -0.39 is 0 Å². The van der Waals surface area contributed by atoms with Crippen molar-refractivity contribution in [3.8, 4) is 11.5 Å². The van der Waals surface area contributed by atoms with Gasteiger partial charge in [0.05, 0.1) is 11.4 Å². The molecule has 0 N–H and O–H groups in total. The Balaban J connectivity index is 1.32. The molecule has 0 aliphatic carbocycles. The lowest BCUT2D eigenvalue weighted by Gasteiger charge is -2.28. The maximum Gasteiger partial charge on any atom is 0.232 e. The van der Waals surface area contributed by atoms with Gasteiger partial charge in [-0.05, 0) is 55.0 Å². The molecule has 6 heteroatoms. The van der Waals surface area contributed by atoms with Crippen molar-refractivity contribution in [2.24, 2.45) is 0 Å². The van der Waals surface area contributed by atoms with Crippen LogP contribution in [0, 0.1) is 6.92 Å². The van der Waals surface area contributed by atoms with Crippen molar-refractivity contribution in [2.45, 2.75) is 30.5 Å². The van der Waals surface area contributed by atoms with Crippen LogP contribution in [-0.4, -0.2) is 34.3 Å². The number of thioether (sulfide) groups is 2. The zero-order chi connectivity index (χ0) is 20.2. The number of hydrogen-bond donors (Lipinski definition) is 0. The average Bonchev–Trinajstić information content (AvgIpc) is 3.14. The van der Waals surface area contributed by atoms with Gasteiger partial charge in [0.15, 0.2) is 0 Å². The average molecular weight is 425 g/mol. The summed E-state index contributed by atoms with van der Waals surface area (Å²) in [5.41, 5.74) is 4.52. The van der Waals surface area contributed by atoms with E-state index in [9.17, 15) is 4.79 Å². The maximum absolute atomic E-state index is 12.6. The lowest BCUT2D eigenvalue weighted by molar-refractivity contribution is -0.129. The normalized spacial score (nSPS) is 13.4. The Hall–Kier alpha value is -2.18. The molecule has 0 fully saturated rings. The number of fused-ring (bicyclic) bond motifs is 1. The summed E-state index contributed by atoms with van der Waals surface area (Å²) in [5.74, 6) is 2.80. The van der Waals surface area contributed by atoms with E-state index in [1.54, 1.807) is 23.5 Å². The minimum Gasteiger partial charge on any atom is -0.441 e. The zero-order valence-corrected chi connectivity index (χ0v) is 18.3. The molecule has 1 aromatic heterocycles. The molecule has 1 aliphatic heterocycles. The fraction of sp³-hybridized carbons (Fsp3) is 0.304. The predicted octanol–water partition coefficient (Wildman–Crippen LogP) is 5.19. The van der Waals surface area contributed by atoms with Crippen molar-refractivity contribution in [3.05, 3.63) is 71.1 Å². The minimum atomic E-state index is 0.193. The minimum absolute atomic E-state index is 0.193. The number of oxazole rings is 1. The van der Waals surface area contributed by atoms with Crippen molar-refractivity contribution >= 4 is 29.4 Å². The third-order valence-corrected chi connectivity index (χ3v) is 6.85. The molecule has 0 unspecified atom stereocenters. The largest absolute Gasteiger partial charge is 0.441 e. The maximum atomic E-state index is 12.6. The van der Waals surface area contributed by atoms with Crippen molar-refractivity contribution in [1.29, 1.82) is 0 Å². The first-order chi connectivity index (χ1) is 14.1. The lowest BCUT2D eigenvalue weighted by Crippen LogP contribution is -2.37. The summed E-state index contributed by atoms with van der Waals surface area (Å²) >= 11 is 3.31. The molecule has 4 rings (SSSR count). The van der Waals surface area contributed by atoms with Gasteiger partial charge in [-0.1, -0.05) is 24.3 Å². The smallest absolute Gasteiger partial charge is 0.232 e. The molecule has 0 bridgehead atoms. The Morgan fingerprint density at radius 3 is 2.66 bits per heavy atom. The number of aromatic nitrogens is 1. The second kappa shape index (κ2) is 9.09. The molecule has 0 radical (unpaired) electrons. The molecular weight excluding hydrogens is 400 g/mol. The van der Waals surface area contributed by atoms with E-state index in [0.717, 1.165) is 36.5 Å². The van der Waals surface area contributed by atoms with E-state index in [2.05, 4.69) is 41.6 Å². The van der Waals surface area contributed by atoms with Crippen LogP contribution in [0.5, 0.6) is 0 Å². The van der Waals surface area contributed by atoms with Crippen LogP contribution in [0.4, 0.5) is 0 Å². The molecule has 1 amide bonds. The van der Waals surface area contributed by atoms with Gasteiger partial charge in [-0.15, -0.1) is 23.5 Å². The van der Waals surface area contributed by atoms with Gasteiger partial charge in [0, 0.05) is 29.3 Å². The van der Waals surface area contributed by atoms with Gasteiger partial charge in [0.25, 0.3) is 0 Å². The molecule has 29 heavy (non-hydrogen) atoms. The van der Waals surface area contributed by atoms with Gasteiger partial charge in [0.1, 0.15) is 5.76 Å². The summed E-state index contributed by atoms with van der Waals surface area (Å²) in [6.45, 7) is 3.45. The summed E-state index contributed by atoms with van der Waals surface area (Å²) in [4.78, 5) is 20.5. The summed E-state index contributed by atoms with van der Waals surface area (Å²) in [6.07, 6.45) is 3.00. The number of rotatable bonds is 6. The molecule has 2 heterocycles. The summed E-state index contributed by atoms with van der Waals surface area (Å²) in [7, 11) is 0. The second-order valence-corrected chi connectivity index (χ2v) is 8.94. The first kappa shape index (κ1) is 20.1. The van der Waals surface area contributed by atoms with Crippen molar-refractivity contribution in [3.63, 3.8) is 0 Å². The predicted molar refractivity (Wildman–Crippen MR) is 120 cm³/mol. The molecule has 150 valence electrons. The number of carbonyl (C=O) groups is 1. The monoisotopic (exact) mass is 424 g/mol. The van der Waals surface area contributed by atoms with E-state index in [0.29, 0.717) is 17.4 Å². The highest BCUT2D eigenvalue weighted by atomic mass is 32.2. The van der Waals surface area contributed by atoms with Gasteiger partial charge in [-0.25, -0.2) is 4.98 Å². The first-order valence-electron chi connectivity index (χ1n) is 9.67. The number of aryl methyl sites for hydroxylation is 1. The Morgan fingerprint density at radius 2 is 1.90 bits per heavy atom. The lowest BCUT2D eigenvalue weighted by atomic mass is 10.00. The van der Waals surface area contributed by atoms with Crippen molar-refractivity contribution < 1.29 is 9.21 Å². The van der Waals surface area contributed by atoms with Crippen LogP contribution in [-0.2, 0) is 23.5 Å². The molecule has 0 atom stereocenters. The van der Waals surface area contributed by atoms with E-state index in [-0.39, 0.29) is 5.91 Å². The molecule has 0 saturated carbocycles. The van der Waals surface area contributed by atoms with Gasteiger partial charge in [0.2, 0.25) is 11.8 Å². The van der Waals surface area contributed by atoms with Gasteiger partial charge in [-0.3, -0.25) is 4.79 Å². The van der Waals surface area contributed by atoms with Crippen LogP contribution in [0.1, 0.15) is 22.6 Å². The molecule has 1 aliphatic rings. The van der Waals surface area contributed by atoms with Crippen molar-refractivity contribution in [2.75, 3.05) is 18.6 Å².